The van der Waals surface area contributed by atoms with E-state index in [0.29, 0.717) is 5.41 Å². The minimum atomic E-state index is 0.577. The van der Waals surface area contributed by atoms with Crippen LogP contribution < -0.4 is 0 Å². The van der Waals surface area contributed by atoms with Gasteiger partial charge in [-0.1, -0.05) is 32.9 Å². The van der Waals surface area contributed by atoms with Gasteiger partial charge in [-0.2, -0.15) is 0 Å². The molecule has 2 rings (SSSR count). The van der Waals surface area contributed by atoms with Crippen LogP contribution in [-0.4, -0.2) is 0 Å². The van der Waals surface area contributed by atoms with Crippen molar-refractivity contribution in [2.75, 3.05) is 0 Å². The topological polar surface area (TPSA) is 0 Å². The van der Waals surface area contributed by atoms with Gasteiger partial charge in [-0.15, -0.1) is 0 Å². The molecule has 0 aromatic carbocycles. The molecule has 0 N–H and O–H groups in total. The summed E-state index contributed by atoms with van der Waals surface area (Å²) in [4.78, 5) is 0. The molecule has 2 aliphatic carbocycles. The molecule has 0 radical (unpaired) electrons. The third-order valence-electron chi connectivity index (χ3n) is 4.38. The minimum Gasteiger partial charge on any atom is -0.0996 e. The fraction of sp³-hybridized carbons (Fsp3) is 0.846. The molecular weight excluding hydrogens is 156 g/mol. The van der Waals surface area contributed by atoms with E-state index < -0.39 is 0 Å². The number of rotatable bonds is 0. The zero-order valence-corrected chi connectivity index (χ0v) is 9.27. The van der Waals surface area contributed by atoms with Crippen LogP contribution in [0.2, 0.25) is 0 Å². The van der Waals surface area contributed by atoms with E-state index in [1.165, 1.54) is 25.7 Å². The molecule has 0 spiro atoms. The Morgan fingerprint density at radius 3 is 2.69 bits per heavy atom. The molecule has 0 heteroatoms. The quantitative estimate of drug-likeness (QED) is 0.491. The van der Waals surface area contributed by atoms with Gasteiger partial charge in [0.15, 0.2) is 0 Å². The summed E-state index contributed by atoms with van der Waals surface area (Å²) in [6.45, 7) is 11.6. The Balaban J connectivity index is 2.26. The van der Waals surface area contributed by atoms with Crippen molar-refractivity contribution < 1.29 is 0 Å². The van der Waals surface area contributed by atoms with Gasteiger partial charge in [0.2, 0.25) is 0 Å². The second kappa shape index (κ2) is 2.87. The molecule has 0 aromatic rings. The Bertz CT molecular complexity index is 224. The molecule has 0 nitrogen and oxygen atoms in total. The van der Waals surface area contributed by atoms with E-state index >= 15 is 0 Å². The van der Waals surface area contributed by atoms with E-state index in [1.807, 2.05) is 0 Å². The summed E-state index contributed by atoms with van der Waals surface area (Å²) in [5, 5.41) is 0. The summed E-state index contributed by atoms with van der Waals surface area (Å²) < 4.78 is 0. The normalized spacial score (nSPS) is 43.3. The second-order valence-corrected chi connectivity index (χ2v) is 5.85. The fourth-order valence-electron chi connectivity index (χ4n) is 3.96. The Morgan fingerprint density at radius 2 is 2.08 bits per heavy atom. The van der Waals surface area contributed by atoms with Gasteiger partial charge in [0.25, 0.3) is 0 Å². The van der Waals surface area contributed by atoms with Crippen LogP contribution in [0.3, 0.4) is 0 Å². The van der Waals surface area contributed by atoms with Gasteiger partial charge in [-0.3, -0.25) is 0 Å². The average molecular weight is 178 g/mol. The molecular formula is C13H22. The van der Waals surface area contributed by atoms with E-state index in [9.17, 15) is 0 Å². The highest BCUT2D eigenvalue weighted by Crippen LogP contribution is 2.56. The SMILES string of the molecule is C=C1CCCC2C1C(C)CC2(C)C. The van der Waals surface area contributed by atoms with Crippen molar-refractivity contribution in [3.8, 4) is 0 Å². The molecule has 0 bridgehead atoms. The molecule has 2 aliphatic rings. The Kier molecular flexibility index (Phi) is 2.05. The lowest BCUT2D eigenvalue weighted by Gasteiger charge is -2.36. The van der Waals surface area contributed by atoms with Gasteiger partial charge in [-0.25, -0.2) is 0 Å². The number of hydrogen-bond donors (Lipinski definition) is 0. The van der Waals surface area contributed by atoms with E-state index in [2.05, 4.69) is 27.4 Å². The smallest absolute Gasteiger partial charge is 0.0147 e. The highest BCUT2D eigenvalue weighted by molar-refractivity contribution is 5.13. The minimum absolute atomic E-state index is 0.577. The predicted molar refractivity (Wildman–Crippen MR) is 57.5 cm³/mol. The first-order valence-electron chi connectivity index (χ1n) is 5.70. The lowest BCUT2D eigenvalue weighted by Crippen LogP contribution is -2.26. The van der Waals surface area contributed by atoms with Crippen LogP contribution in [-0.2, 0) is 0 Å². The van der Waals surface area contributed by atoms with Crippen molar-refractivity contribution in [2.45, 2.75) is 46.5 Å². The lowest BCUT2D eigenvalue weighted by atomic mass is 9.69. The first-order chi connectivity index (χ1) is 6.02. The maximum Gasteiger partial charge on any atom is -0.0147 e. The first kappa shape index (κ1) is 9.30. The van der Waals surface area contributed by atoms with Gasteiger partial charge >= 0.3 is 0 Å². The molecule has 0 heterocycles. The largest absolute Gasteiger partial charge is 0.0996 e. The molecule has 2 fully saturated rings. The van der Waals surface area contributed by atoms with Gasteiger partial charge in [0, 0.05) is 0 Å². The number of fused-ring (bicyclic) bond motifs is 1. The molecule has 13 heavy (non-hydrogen) atoms. The third-order valence-corrected chi connectivity index (χ3v) is 4.38. The molecule has 3 unspecified atom stereocenters. The van der Waals surface area contributed by atoms with Crippen LogP contribution in [0.1, 0.15) is 46.5 Å². The third kappa shape index (κ3) is 1.35. The number of hydrogen-bond acceptors (Lipinski definition) is 0. The average Bonchev–Trinajstić information content (AvgIpc) is 2.24. The van der Waals surface area contributed by atoms with Crippen molar-refractivity contribution in [2.24, 2.45) is 23.2 Å². The molecule has 3 atom stereocenters. The zero-order chi connectivity index (χ0) is 9.64. The van der Waals surface area contributed by atoms with Gasteiger partial charge in [-0.05, 0) is 48.9 Å². The zero-order valence-electron chi connectivity index (χ0n) is 9.27. The van der Waals surface area contributed by atoms with Crippen LogP contribution in [0.25, 0.3) is 0 Å². The molecule has 0 saturated heterocycles. The van der Waals surface area contributed by atoms with Gasteiger partial charge < -0.3 is 0 Å². The van der Waals surface area contributed by atoms with Crippen LogP contribution in [0.15, 0.2) is 12.2 Å². The summed E-state index contributed by atoms with van der Waals surface area (Å²) in [6, 6.07) is 0. The molecule has 74 valence electrons. The Labute approximate surface area is 82.4 Å². The molecule has 0 aromatic heterocycles. The second-order valence-electron chi connectivity index (χ2n) is 5.85. The molecule has 2 saturated carbocycles. The van der Waals surface area contributed by atoms with Crippen molar-refractivity contribution >= 4 is 0 Å². The van der Waals surface area contributed by atoms with E-state index in [4.69, 9.17) is 0 Å². The van der Waals surface area contributed by atoms with Crippen molar-refractivity contribution in [1.82, 2.24) is 0 Å². The standard InChI is InChI=1S/C13H22/c1-9-6-5-7-11-12(9)10(2)8-13(11,3)4/h10-12H,1,5-8H2,2-4H3. The first-order valence-corrected chi connectivity index (χ1v) is 5.70. The Hall–Kier alpha value is -0.260. The van der Waals surface area contributed by atoms with E-state index in [1.54, 1.807) is 5.57 Å². The van der Waals surface area contributed by atoms with Crippen LogP contribution in [0.5, 0.6) is 0 Å². The van der Waals surface area contributed by atoms with Crippen molar-refractivity contribution in [3.63, 3.8) is 0 Å². The summed E-state index contributed by atoms with van der Waals surface area (Å²) in [7, 11) is 0. The number of allylic oxidation sites excluding steroid dienone is 1. The summed E-state index contributed by atoms with van der Waals surface area (Å²) in [6.07, 6.45) is 5.53. The predicted octanol–water partition coefficient (Wildman–Crippen LogP) is 4.02. The highest BCUT2D eigenvalue weighted by Gasteiger charge is 2.47. The van der Waals surface area contributed by atoms with Crippen LogP contribution in [0.4, 0.5) is 0 Å². The van der Waals surface area contributed by atoms with Crippen molar-refractivity contribution in [3.05, 3.63) is 12.2 Å². The maximum absolute atomic E-state index is 4.27. The monoisotopic (exact) mass is 178 g/mol. The van der Waals surface area contributed by atoms with Crippen LogP contribution >= 0.6 is 0 Å². The maximum atomic E-state index is 4.27. The van der Waals surface area contributed by atoms with Crippen molar-refractivity contribution in [1.29, 1.82) is 0 Å². The Morgan fingerprint density at radius 1 is 1.38 bits per heavy atom. The van der Waals surface area contributed by atoms with Gasteiger partial charge in [0.1, 0.15) is 0 Å². The summed E-state index contributed by atoms with van der Waals surface area (Å²) in [5.74, 6) is 2.67. The molecule has 0 amide bonds. The van der Waals surface area contributed by atoms with E-state index in [-0.39, 0.29) is 0 Å². The highest BCUT2D eigenvalue weighted by atomic mass is 14.5. The summed E-state index contributed by atoms with van der Waals surface area (Å²) in [5.41, 5.74) is 2.13. The molecule has 0 aliphatic heterocycles. The van der Waals surface area contributed by atoms with Crippen LogP contribution in [0, 0.1) is 23.2 Å². The fourth-order valence-corrected chi connectivity index (χ4v) is 3.96. The summed E-state index contributed by atoms with van der Waals surface area (Å²) >= 11 is 0. The van der Waals surface area contributed by atoms with Gasteiger partial charge in [0.05, 0.1) is 0 Å². The van der Waals surface area contributed by atoms with E-state index in [0.717, 1.165) is 17.8 Å². The lowest BCUT2D eigenvalue weighted by molar-refractivity contribution is 0.194.